The predicted octanol–water partition coefficient (Wildman–Crippen LogP) is -3.92. The Morgan fingerprint density at radius 2 is 2.14 bits per heavy atom. The maximum atomic E-state index is 10.4. The van der Waals surface area contributed by atoms with E-state index in [0.717, 1.165) is 6.08 Å². The number of carbonyl (C=O) groups is 1. The summed E-state index contributed by atoms with van der Waals surface area (Å²) >= 11 is 0. The summed E-state index contributed by atoms with van der Waals surface area (Å²) in [6.07, 6.45) is -0.556. The number of hydrogen-bond donors (Lipinski definition) is 2. The van der Waals surface area contributed by atoms with Crippen molar-refractivity contribution in [3.05, 3.63) is 12.7 Å². The van der Waals surface area contributed by atoms with Gasteiger partial charge in [-0.1, -0.05) is 6.58 Å². The van der Waals surface area contributed by atoms with Gasteiger partial charge in [0.1, 0.15) is 18.5 Å². The van der Waals surface area contributed by atoms with Crippen molar-refractivity contribution in [2.45, 2.75) is 6.10 Å². The van der Waals surface area contributed by atoms with Crippen LogP contribution in [0.25, 0.3) is 0 Å². The molecule has 0 spiro atoms. The average Bonchev–Trinajstić information content (AvgIpc) is 1.97. The van der Waals surface area contributed by atoms with Gasteiger partial charge in [0.2, 0.25) is 0 Å². The largest absolute Gasteiger partial charge is 1.00 e. The molecule has 0 fully saturated rings. The zero-order chi connectivity index (χ0) is 10.5. The Morgan fingerprint density at radius 3 is 2.50 bits per heavy atom. The van der Waals surface area contributed by atoms with Gasteiger partial charge in [0, 0.05) is 6.08 Å². The average molecular weight is 250 g/mol. The number of carbonyl (C=O) groups excluding carboxylic acids is 1. The first-order chi connectivity index (χ1) is 5.85. The van der Waals surface area contributed by atoms with Crippen LogP contribution in [-0.2, 0) is 19.6 Å². The Bertz CT molecular complexity index is 290. The van der Waals surface area contributed by atoms with Crippen molar-refractivity contribution in [2.75, 3.05) is 12.4 Å². The maximum absolute atomic E-state index is 10.4. The molecular weight excluding hydrogens is 239 g/mol. The fraction of sp³-hybridized carbons (Fsp3) is 0.500. The van der Waals surface area contributed by atoms with E-state index in [1.54, 1.807) is 0 Å². The van der Waals surface area contributed by atoms with Crippen molar-refractivity contribution in [1.82, 2.24) is 0 Å². The van der Waals surface area contributed by atoms with Crippen LogP contribution in [0.15, 0.2) is 12.7 Å². The topological polar surface area (TPSA) is 101 Å². The SMILES string of the molecule is C=CC(=O)OCC(O)CS(=O)(=O)O.[H-].[K+]. The van der Waals surface area contributed by atoms with Gasteiger partial charge < -0.3 is 11.3 Å². The van der Waals surface area contributed by atoms with Crippen molar-refractivity contribution < 1.29 is 80.4 Å². The normalized spacial score (nSPS) is 12.4. The Labute approximate surface area is 126 Å². The molecule has 2 N–H and O–H groups in total. The molecule has 0 bridgehead atoms. The van der Waals surface area contributed by atoms with Crippen LogP contribution in [-0.4, -0.2) is 42.5 Å². The van der Waals surface area contributed by atoms with Crippen LogP contribution in [0.4, 0.5) is 0 Å². The van der Waals surface area contributed by atoms with E-state index in [-0.39, 0.29) is 52.8 Å². The van der Waals surface area contributed by atoms with Crippen LogP contribution >= 0.6 is 0 Å². The molecule has 1 atom stereocenters. The molecule has 0 aromatic heterocycles. The summed E-state index contributed by atoms with van der Waals surface area (Å²) in [4.78, 5) is 10.4. The van der Waals surface area contributed by atoms with Crippen LogP contribution in [0, 0.1) is 0 Å². The molecule has 8 heteroatoms. The van der Waals surface area contributed by atoms with Gasteiger partial charge in [0.05, 0.1) is 0 Å². The van der Waals surface area contributed by atoms with Crippen LogP contribution in [0.1, 0.15) is 1.43 Å². The molecule has 0 aliphatic heterocycles. The molecule has 14 heavy (non-hydrogen) atoms. The van der Waals surface area contributed by atoms with E-state index in [0.29, 0.717) is 0 Å². The van der Waals surface area contributed by atoms with E-state index in [9.17, 15) is 13.2 Å². The second kappa shape index (κ2) is 7.94. The fourth-order valence-electron chi connectivity index (χ4n) is 0.528. The third-order valence-corrected chi connectivity index (χ3v) is 1.79. The van der Waals surface area contributed by atoms with E-state index in [2.05, 4.69) is 11.3 Å². The van der Waals surface area contributed by atoms with E-state index in [1.807, 2.05) is 0 Å². The van der Waals surface area contributed by atoms with Gasteiger partial charge in [0.15, 0.2) is 0 Å². The summed E-state index contributed by atoms with van der Waals surface area (Å²) in [5, 5.41) is 8.88. The Kier molecular flexibility index (Phi) is 9.71. The summed E-state index contributed by atoms with van der Waals surface area (Å²) < 4.78 is 33.0. The number of rotatable bonds is 5. The second-order valence-electron chi connectivity index (χ2n) is 2.24. The Morgan fingerprint density at radius 1 is 1.64 bits per heavy atom. The zero-order valence-corrected chi connectivity index (χ0v) is 11.7. The molecule has 6 nitrogen and oxygen atoms in total. The summed E-state index contributed by atoms with van der Waals surface area (Å²) in [6.45, 7) is 2.59. The van der Waals surface area contributed by atoms with Crippen molar-refractivity contribution in [2.24, 2.45) is 0 Å². The first-order valence-electron chi connectivity index (χ1n) is 3.27. The van der Waals surface area contributed by atoms with Gasteiger partial charge in [-0.3, -0.25) is 4.55 Å². The number of hydrogen-bond acceptors (Lipinski definition) is 5. The van der Waals surface area contributed by atoms with Crippen LogP contribution < -0.4 is 51.4 Å². The minimum absolute atomic E-state index is 0. The molecule has 0 saturated carbocycles. The standard InChI is InChI=1S/C6H10O6S.K.H/c1-2-6(8)12-3-5(7)4-13(9,10)11;;/h2,5,7H,1,3-4H2,(H,9,10,11);;/q;+1;-1. The number of aliphatic hydroxyl groups is 1. The van der Waals surface area contributed by atoms with Gasteiger partial charge in [0.25, 0.3) is 10.1 Å². The first-order valence-corrected chi connectivity index (χ1v) is 4.88. The molecule has 1 unspecified atom stereocenters. The molecule has 0 aromatic rings. The zero-order valence-electron chi connectivity index (χ0n) is 8.71. The monoisotopic (exact) mass is 250 g/mol. The molecule has 0 saturated heterocycles. The molecule has 0 amide bonds. The minimum Gasteiger partial charge on any atom is -1.00 e. The number of esters is 1. The van der Waals surface area contributed by atoms with E-state index in [4.69, 9.17) is 9.66 Å². The van der Waals surface area contributed by atoms with Crippen LogP contribution in [0.3, 0.4) is 0 Å². The quantitative estimate of drug-likeness (QED) is 0.224. The van der Waals surface area contributed by atoms with Crippen LogP contribution in [0.2, 0.25) is 0 Å². The summed E-state index contributed by atoms with van der Waals surface area (Å²) in [6, 6.07) is 0. The van der Waals surface area contributed by atoms with E-state index < -0.39 is 34.6 Å². The third-order valence-electron chi connectivity index (χ3n) is 0.988. The second-order valence-corrected chi connectivity index (χ2v) is 3.73. The van der Waals surface area contributed by atoms with Crippen molar-refractivity contribution in [3.8, 4) is 0 Å². The predicted molar refractivity (Wildman–Crippen MR) is 44.7 cm³/mol. The van der Waals surface area contributed by atoms with Gasteiger partial charge in [-0.2, -0.15) is 8.42 Å². The molecule has 78 valence electrons. The van der Waals surface area contributed by atoms with Crippen LogP contribution in [0.5, 0.6) is 0 Å². The smallest absolute Gasteiger partial charge is 1.00 e. The molecule has 0 radical (unpaired) electrons. The van der Waals surface area contributed by atoms with E-state index >= 15 is 0 Å². The third kappa shape index (κ3) is 10.8. The van der Waals surface area contributed by atoms with Gasteiger partial charge >= 0.3 is 57.4 Å². The Balaban J connectivity index is -0.000000720. The summed E-state index contributed by atoms with van der Waals surface area (Å²) in [5.74, 6) is -1.63. The van der Waals surface area contributed by atoms with E-state index in [1.165, 1.54) is 0 Å². The molecule has 0 heterocycles. The molecule has 0 rings (SSSR count). The molecule has 0 aliphatic rings. The van der Waals surface area contributed by atoms with Crippen molar-refractivity contribution in [3.63, 3.8) is 0 Å². The van der Waals surface area contributed by atoms with Gasteiger partial charge in [-0.05, 0) is 0 Å². The van der Waals surface area contributed by atoms with Gasteiger partial charge in [-0.15, -0.1) is 0 Å². The first kappa shape index (κ1) is 17.1. The minimum atomic E-state index is -4.25. The maximum Gasteiger partial charge on any atom is 1.00 e. The molecule has 0 aromatic carbocycles. The molecular formula is C6H11KO6S. The summed E-state index contributed by atoms with van der Waals surface area (Å²) in [5.41, 5.74) is 0. The van der Waals surface area contributed by atoms with Crippen molar-refractivity contribution in [1.29, 1.82) is 0 Å². The fourth-order valence-corrected chi connectivity index (χ4v) is 1.11. The Hall–Kier alpha value is 0.716. The molecule has 0 aliphatic carbocycles. The number of aliphatic hydroxyl groups excluding tert-OH is 1. The summed E-state index contributed by atoms with van der Waals surface area (Å²) in [7, 11) is -4.25. The number of ether oxygens (including phenoxy) is 1. The van der Waals surface area contributed by atoms with Gasteiger partial charge in [-0.25, -0.2) is 4.79 Å². The van der Waals surface area contributed by atoms with Crippen molar-refractivity contribution >= 4 is 16.1 Å².